The summed E-state index contributed by atoms with van der Waals surface area (Å²) in [5, 5.41) is 8.90. The highest BCUT2D eigenvalue weighted by Crippen LogP contribution is 2.38. The summed E-state index contributed by atoms with van der Waals surface area (Å²) < 4.78 is 57.4. The van der Waals surface area contributed by atoms with Gasteiger partial charge in [-0.05, 0) is 36.4 Å². The fraction of sp³-hybridized carbons (Fsp3) is 0.0667. The van der Waals surface area contributed by atoms with E-state index in [4.69, 9.17) is 9.52 Å². The van der Waals surface area contributed by atoms with Crippen molar-refractivity contribution in [2.75, 3.05) is 0 Å². The zero-order chi connectivity index (χ0) is 16.8. The van der Waals surface area contributed by atoms with E-state index in [9.17, 15) is 22.4 Å². The van der Waals surface area contributed by atoms with Gasteiger partial charge in [0.25, 0.3) is 0 Å². The molecule has 0 bridgehead atoms. The summed E-state index contributed by atoms with van der Waals surface area (Å²) in [6, 6.07) is 5.86. The van der Waals surface area contributed by atoms with Crippen molar-refractivity contribution in [1.29, 1.82) is 0 Å². The van der Waals surface area contributed by atoms with Crippen molar-refractivity contribution in [3.8, 4) is 11.5 Å². The highest BCUT2D eigenvalue weighted by Gasteiger charge is 2.35. The Bertz CT molecular complexity index is 915. The van der Waals surface area contributed by atoms with Crippen LogP contribution in [0.2, 0.25) is 0 Å². The molecule has 1 N–H and O–H groups in total. The largest absolute Gasteiger partial charge is 0.478 e. The lowest BCUT2D eigenvalue weighted by Gasteiger charge is -2.10. The summed E-state index contributed by atoms with van der Waals surface area (Å²) >= 11 is 0. The molecule has 3 rings (SSSR count). The van der Waals surface area contributed by atoms with Gasteiger partial charge in [0.1, 0.15) is 11.3 Å². The van der Waals surface area contributed by atoms with Gasteiger partial charge in [-0.25, -0.2) is 14.2 Å². The van der Waals surface area contributed by atoms with Gasteiger partial charge in [0, 0.05) is 5.56 Å². The number of halogens is 4. The lowest BCUT2D eigenvalue weighted by atomic mass is 10.1. The van der Waals surface area contributed by atoms with Crippen LogP contribution in [0.15, 0.2) is 40.8 Å². The van der Waals surface area contributed by atoms with Crippen molar-refractivity contribution >= 4 is 17.1 Å². The number of carboxylic acid groups (broad SMARTS) is 1. The van der Waals surface area contributed by atoms with Crippen molar-refractivity contribution in [1.82, 2.24) is 4.98 Å². The maximum absolute atomic E-state index is 13.1. The van der Waals surface area contributed by atoms with E-state index in [1.165, 1.54) is 18.2 Å². The first kappa shape index (κ1) is 15.0. The number of carbonyl (C=O) groups is 1. The third kappa shape index (κ3) is 2.75. The Morgan fingerprint density at radius 3 is 2.52 bits per heavy atom. The molecular weight excluding hydrogens is 318 g/mol. The number of hydrogen-bond acceptors (Lipinski definition) is 3. The first-order chi connectivity index (χ1) is 10.8. The smallest absolute Gasteiger partial charge is 0.417 e. The minimum absolute atomic E-state index is 0.0764. The maximum atomic E-state index is 13.1. The summed E-state index contributed by atoms with van der Waals surface area (Å²) in [4.78, 5) is 14.8. The summed E-state index contributed by atoms with van der Waals surface area (Å²) in [5.41, 5.74) is -1.50. The van der Waals surface area contributed by atoms with Gasteiger partial charge in [-0.1, -0.05) is 0 Å². The average molecular weight is 325 g/mol. The van der Waals surface area contributed by atoms with Gasteiger partial charge in [0.05, 0.1) is 11.1 Å². The molecule has 0 spiro atoms. The van der Waals surface area contributed by atoms with Gasteiger partial charge in [-0.2, -0.15) is 13.2 Å². The molecule has 8 heteroatoms. The number of alkyl halides is 3. The summed E-state index contributed by atoms with van der Waals surface area (Å²) in [5.74, 6) is -2.60. The van der Waals surface area contributed by atoms with Crippen LogP contribution in [-0.2, 0) is 6.18 Å². The molecule has 2 aromatic carbocycles. The molecule has 0 fully saturated rings. The first-order valence-corrected chi connectivity index (χ1v) is 6.27. The van der Waals surface area contributed by atoms with Crippen LogP contribution in [0.25, 0.3) is 22.6 Å². The van der Waals surface area contributed by atoms with Crippen molar-refractivity contribution in [3.05, 3.63) is 53.3 Å². The van der Waals surface area contributed by atoms with E-state index in [0.717, 1.165) is 12.1 Å². The second-order valence-electron chi connectivity index (χ2n) is 4.69. The average Bonchev–Trinajstić information content (AvgIpc) is 2.88. The molecule has 0 saturated heterocycles. The normalized spacial score (nSPS) is 11.8. The van der Waals surface area contributed by atoms with Gasteiger partial charge < -0.3 is 9.52 Å². The molecule has 0 atom stereocenters. The molecule has 1 heterocycles. The fourth-order valence-corrected chi connectivity index (χ4v) is 2.11. The van der Waals surface area contributed by atoms with Crippen molar-refractivity contribution in [2.45, 2.75) is 6.18 Å². The predicted octanol–water partition coefficient (Wildman–Crippen LogP) is 4.35. The lowest BCUT2D eigenvalue weighted by molar-refractivity contribution is -0.137. The Balaban J connectivity index is 2.19. The third-order valence-electron chi connectivity index (χ3n) is 3.15. The molecule has 0 saturated carbocycles. The Labute approximate surface area is 126 Å². The quantitative estimate of drug-likeness (QED) is 0.712. The van der Waals surface area contributed by atoms with E-state index in [-0.39, 0.29) is 22.6 Å². The number of benzene rings is 2. The van der Waals surface area contributed by atoms with Crippen LogP contribution in [-0.4, -0.2) is 16.1 Å². The molecular formula is C15H7F4NO3. The molecule has 0 radical (unpaired) electrons. The molecule has 0 aliphatic heterocycles. The highest BCUT2D eigenvalue weighted by atomic mass is 19.4. The molecule has 0 aliphatic rings. The number of hydrogen-bond donors (Lipinski definition) is 1. The SMILES string of the molecule is O=C(O)c1ccc2oc(-c3ccc(F)cc3C(F)(F)F)nc2c1. The lowest BCUT2D eigenvalue weighted by Crippen LogP contribution is -2.07. The molecule has 0 amide bonds. The van der Waals surface area contributed by atoms with E-state index in [2.05, 4.69) is 4.98 Å². The van der Waals surface area contributed by atoms with Gasteiger partial charge in [0.2, 0.25) is 5.89 Å². The maximum Gasteiger partial charge on any atom is 0.417 e. The van der Waals surface area contributed by atoms with E-state index < -0.39 is 29.1 Å². The van der Waals surface area contributed by atoms with Crippen LogP contribution in [0.5, 0.6) is 0 Å². The van der Waals surface area contributed by atoms with E-state index >= 15 is 0 Å². The summed E-state index contributed by atoms with van der Waals surface area (Å²) in [6.07, 6.45) is -4.79. The second kappa shape index (κ2) is 5.08. The van der Waals surface area contributed by atoms with Crippen molar-refractivity contribution < 1.29 is 31.9 Å². The van der Waals surface area contributed by atoms with E-state index in [1.807, 2.05) is 0 Å². The molecule has 23 heavy (non-hydrogen) atoms. The minimum Gasteiger partial charge on any atom is -0.478 e. The van der Waals surface area contributed by atoms with Crippen LogP contribution in [0.4, 0.5) is 17.6 Å². The van der Waals surface area contributed by atoms with Crippen LogP contribution >= 0.6 is 0 Å². The van der Waals surface area contributed by atoms with Gasteiger partial charge >= 0.3 is 12.1 Å². The summed E-state index contributed by atoms with van der Waals surface area (Å²) in [7, 11) is 0. The molecule has 1 aromatic heterocycles. The number of fused-ring (bicyclic) bond motifs is 1. The second-order valence-corrected chi connectivity index (χ2v) is 4.69. The molecule has 118 valence electrons. The predicted molar refractivity (Wildman–Crippen MR) is 71.4 cm³/mol. The molecule has 4 nitrogen and oxygen atoms in total. The number of nitrogens with zero attached hydrogens (tertiary/aromatic N) is 1. The standard InChI is InChI=1S/C15H7F4NO3/c16-8-2-3-9(10(6-8)15(17,18)19)13-20-11-5-7(14(21)22)1-4-12(11)23-13/h1-6H,(H,21,22). The molecule has 0 unspecified atom stereocenters. The highest BCUT2D eigenvalue weighted by molar-refractivity contribution is 5.92. The van der Waals surface area contributed by atoms with Gasteiger partial charge in [-0.15, -0.1) is 0 Å². The summed E-state index contributed by atoms with van der Waals surface area (Å²) in [6.45, 7) is 0. The fourth-order valence-electron chi connectivity index (χ4n) is 2.11. The van der Waals surface area contributed by atoms with Crippen LogP contribution < -0.4 is 0 Å². The van der Waals surface area contributed by atoms with Gasteiger partial charge in [0.15, 0.2) is 5.58 Å². The van der Waals surface area contributed by atoms with Crippen molar-refractivity contribution in [3.63, 3.8) is 0 Å². The Morgan fingerprint density at radius 2 is 1.87 bits per heavy atom. The number of aromatic nitrogens is 1. The zero-order valence-corrected chi connectivity index (χ0v) is 11.2. The van der Waals surface area contributed by atoms with Crippen LogP contribution in [0, 0.1) is 5.82 Å². The number of rotatable bonds is 2. The van der Waals surface area contributed by atoms with Gasteiger partial charge in [-0.3, -0.25) is 0 Å². The molecule has 3 aromatic rings. The van der Waals surface area contributed by atoms with Crippen LogP contribution in [0.3, 0.4) is 0 Å². The van der Waals surface area contributed by atoms with E-state index in [0.29, 0.717) is 6.07 Å². The first-order valence-electron chi connectivity index (χ1n) is 6.27. The van der Waals surface area contributed by atoms with Crippen molar-refractivity contribution in [2.24, 2.45) is 0 Å². The Hall–Kier alpha value is -2.90. The van der Waals surface area contributed by atoms with Crippen LogP contribution in [0.1, 0.15) is 15.9 Å². The minimum atomic E-state index is -4.79. The third-order valence-corrected chi connectivity index (χ3v) is 3.15. The van der Waals surface area contributed by atoms with E-state index in [1.54, 1.807) is 0 Å². The number of oxazole rings is 1. The monoisotopic (exact) mass is 325 g/mol. The zero-order valence-electron chi connectivity index (χ0n) is 11.2. The number of aromatic carboxylic acids is 1. The topological polar surface area (TPSA) is 63.3 Å². The Morgan fingerprint density at radius 1 is 1.13 bits per heavy atom. The molecule has 0 aliphatic carbocycles. The Kier molecular flexibility index (Phi) is 3.32. The number of carboxylic acids is 1.